The minimum absolute atomic E-state index is 0.118. The Hall–Kier alpha value is -4.66. The number of carbonyl (C=O) groups excluding carboxylic acids is 2. The number of fused-ring (bicyclic) bond motifs is 4. The first-order valence-electron chi connectivity index (χ1n) is 14.7. The van der Waals surface area contributed by atoms with Crippen molar-refractivity contribution in [1.82, 2.24) is 29.7 Å². The molecule has 2 amide bonds. The Morgan fingerprint density at radius 1 is 1.16 bits per heavy atom. The van der Waals surface area contributed by atoms with Gasteiger partial charge in [-0.1, -0.05) is 24.1 Å². The van der Waals surface area contributed by atoms with E-state index >= 15 is 0 Å². The molecule has 6 rings (SSSR count). The van der Waals surface area contributed by atoms with Crippen LogP contribution in [0, 0.1) is 18.8 Å². The van der Waals surface area contributed by atoms with Crippen LogP contribution in [0.25, 0.3) is 10.9 Å². The third-order valence-electron chi connectivity index (χ3n) is 7.67. The molecular formula is C31H37N9O3. The summed E-state index contributed by atoms with van der Waals surface area (Å²) in [5, 5.41) is 4.00. The second-order valence-corrected chi connectivity index (χ2v) is 12.0. The number of hydrogen-bond donors (Lipinski definition) is 1. The van der Waals surface area contributed by atoms with E-state index in [0.29, 0.717) is 55.4 Å². The lowest BCUT2D eigenvalue weighted by atomic mass is 10.1. The molecule has 1 N–H and O–H groups in total. The number of amides is 2. The smallest absolute Gasteiger partial charge is 0.407 e. The number of imidazole rings is 1. The van der Waals surface area contributed by atoms with E-state index in [4.69, 9.17) is 24.7 Å². The van der Waals surface area contributed by atoms with Gasteiger partial charge in [-0.15, -0.1) is 5.92 Å². The van der Waals surface area contributed by atoms with E-state index in [1.54, 1.807) is 11.8 Å². The number of nitrogens with one attached hydrogen (secondary N) is 1. The summed E-state index contributed by atoms with van der Waals surface area (Å²) in [4.78, 5) is 51.8. The molecule has 12 nitrogen and oxygen atoms in total. The quantitative estimate of drug-likeness (QED) is 0.454. The Morgan fingerprint density at radius 3 is 2.77 bits per heavy atom. The van der Waals surface area contributed by atoms with Gasteiger partial charge in [0.1, 0.15) is 11.4 Å². The number of carbonyl (C=O) groups is 2. The van der Waals surface area contributed by atoms with E-state index < -0.39 is 11.7 Å². The maximum absolute atomic E-state index is 14.3. The predicted molar refractivity (Wildman–Crippen MR) is 164 cm³/mol. The summed E-state index contributed by atoms with van der Waals surface area (Å²) >= 11 is 0. The van der Waals surface area contributed by atoms with Gasteiger partial charge in [0.05, 0.1) is 25.2 Å². The Morgan fingerprint density at radius 2 is 1.98 bits per heavy atom. The monoisotopic (exact) mass is 583 g/mol. The number of alkyl carbamates (subject to hydrolysis) is 1. The first kappa shape index (κ1) is 28.5. The van der Waals surface area contributed by atoms with Gasteiger partial charge in [-0.2, -0.15) is 4.98 Å². The molecule has 224 valence electrons. The lowest BCUT2D eigenvalue weighted by molar-refractivity contribution is 0.0499. The number of guanidine groups is 1. The molecule has 1 atom stereocenters. The predicted octanol–water partition coefficient (Wildman–Crippen LogP) is 3.48. The van der Waals surface area contributed by atoms with Crippen LogP contribution in [0.15, 0.2) is 29.3 Å². The Balaban J connectivity index is 1.33. The molecule has 1 saturated heterocycles. The van der Waals surface area contributed by atoms with E-state index in [1.165, 1.54) is 0 Å². The van der Waals surface area contributed by atoms with Gasteiger partial charge in [0, 0.05) is 36.8 Å². The maximum Gasteiger partial charge on any atom is 0.407 e. The van der Waals surface area contributed by atoms with Gasteiger partial charge in [-0.05, 0) is 53.5 Å². The second kappa shape index (κ2) is 11.2. The molecule has 0 unspecified atom stereocenters. The molecule has 12 heteroatoms. The standard InChI is InChI=1S/C31H37N9O3/c1-6-7-16-38-25-26(36-29(38)37-15-10-11-21(18-37)34-30(42)43-31(3,4)5)39-17-14-32-28(39)40(27(25)41)19-24-33-20(2)22-12-8-9-13-23(22)35-24/h8-9,12-13,21H,10-11,14-19H2,1-5H3,(H,34,42)/t21-/m1/s1. The highest BCUT2D eigenvalue weighted by Crippen LogP contribution is 2.35. The first-order chi connectivity index (χ1) is 20.6. The highest BCUT2D eigenvalue weighted by Gasteiger charge is 2.43. The van der Waals surface area contributed by atoms with Crippen molar-refractivity contribution in [2.24, 2.45) is 4.99 Å². The van der Waals surface area contributed by atoms with E-state index in [9.17, 15) is 9.59 Å². The van der Waals surface area contributed by atoms with Crippen molar-refractivity contribution >= 4 is 40.6 Å². The Kier molecular flexibility index (Phi) is 7.42. The zero-order valence-corrected chi connectivity index (χ0v) is 25.3. The summed E-state index contributed by atoms with van der Waals surface area (Å²) in [7, 11) is 0. The highest BCUT2D eigenvalue weighted by molar-refractivity contribution is 6.18. The number of para-hydroxylation sites is 1. The van der Waals surface area contributed by atoms with Crippen molar-refractivity contribution in [3.63, 3.8) is 0 Å². The van der Waals surface area contributed by atoms with Crippen LogP contribution in [-0.2, 0) is 17.8 Å². The molecule has 2 aromatic heterocycles. The number of anilines is 2. The Labute approximate surface area is 251 Å². The number of aromatic nitrogens is 4. The molecule has 0 radical (unpaired) electrons. The van der Waals surface area contributed by atoms with Crippen LogP contribution in [0.4, 0.5) is 16.6 Å². The van der Waals surface area contributed by atoms with Gasteiger partial charge in [0.15, 0.2) is 11.5 Å². The average Bonchev–Trinajstić information content (AvgIpc) is 3.59. The van der Waals surface area contributed by atoms with E-state index in [0.717, 1.165) is 36.0 Å². The van der Waals surface area contributed by atoms with E-state index in [-0.39, 0.29) is 18.5 Å². The number of hydrogen-bond acceptors (Lipinski definition) is 9. The number of piperidine rings is 1. The lowest BCUT2D eigenvalue weighted by Gasteiger charge is -2.34. The van der Waals surface area contributed by atoms with E-state index in [2.05, 4.69) is 22.1 Å². The van der Waals surface area contributed by atoms with Gasteiger partial charge >= 0.3 is 6.09 Å². The van der Waals surface area contributed by atoms with Gasteiger partial charge in [0.2, 0.25) is 11.9 Å². The van der Waals surface area contributed by atoms with Gasteiger partial charge < -0.3 is 15.0 Å². The fourth-order valence-corrected chi connectivity index (χ4v) is 5.86. The average molecular weight is 584 g/mol. The third-order valence-corrected chi connectivity index (χ3v) is 7.67. The minimum atomic E-state index is -0.579. The van der Waals surface area contributed by atoms with Crippen LogP contribution >= 0.6 is 0 Å². The molecule has 3 aliphatic heterocycles. The van der Waals surface area contributed by atoms with Gasteiger partial charge in [-0.25, -0.2) is 14.8 Å². The fraction of sp³-hybridized carbons (Fsp3) is 0.484. The fourth-order valence-electron chi connectivity index (χ4n) is 5.86. The highest BCUT2D eigenvalue weighted by atomic mass is 16.6. The van der Waals surface area contributed by atoms with E-state index in [1.807, 2.05) is 61.4 Å². The number of aryl methyl sites for hydroxylation is 1. The van der Waals surface area contributed by atoms with Crippen molar-refractivity contribution < 1.29 is 14.3 Å². The van der Waals surface area contributed by atoms with Crippen molar-refractivity contribution in [2.75, 3.05) is 36.0 Å². The molecule has 0 bridgehead atoms. The SMILES string of the molecule is CC#CCn1c(N2CCC[C@@H](NC(=O)OC(C)(C)C)C2)nc2c1C(=O)N(Cc1nc(C)c3ccccc3n1)C1=NCCN12. The van der Waals surface area contributed by atoms with Crippen LogP contribution < -0.4 is 15.1 Å². The van der Waals surface area contributed by atoms with Gasteiger partial charge in [-0.3, -0.25) is 24.2 Å². The lowest BCUT2D eigenvalue weighted by Crippen LogP contribution is -2.50. The molecule has 0 saturated carbocycles. The molecule has 3 aliphatic rings. The van der Waals surface area contributed by atoms with Crippen LogP contribution in [0.1, 0.15) is 62.5 Å². The summed E-state index contributed by atoms with van der Waals surface area (Å²) in [6.45, 7) is 12.2. The first-order valence-corrected chi connectivity index (χ1v) is 14.7. The molecule has 0 aliphatic carbocycles. The summed E-state index contributed by atoms with van der Waals surface area (Å²) in [6, 6.07) is 7.75. The zero-order valence-electron chi connectivity index (χ0n) is 25.3. The summed E-state index contributed by atoms with van der Waals surface area (Å²) < 4.78 is 7.39. The molecule has 0 spiro atoms. The summed E-state index contributed by atoms with van der Waals surface area (Å²) in [6.07, 6.45) is 1.24. The maximum atomic E-state index is 14.3. The number of rotatable bonds is 5. The number of aliphatic imine (C=N–C) groups is 1. The number of nitrogens with zero attached hydrogens (tertiary/aromatic N) is 8. The number of benzene rings is 1. The molecule has 1 aromatic carbocycles. The largest absolute Gasteiger partial charge is 0.444 e. The van der Waals surface area contributed by atoms with Crippen LogP contribution in [-0.4, -0.2) is 80.2 Å². The third kappa shape index (κ3) is 5.59. The number of ether oxygens (including phenoxy) is 1. The van der Waals surface area contributed by atoms with Gasteiger partial charge in [0.25, 0.3) is 5.91 Å². The normalized spacial score (nSPS) is 18.2. The van der Waals surface area contributed by atoms with Crippen LogP contribution in [0.2, 0.25) is 0 Å². The van der Waals surface area contributed by atoms with Crippen molar-refractivity contribution in [1.29, 1.82) is 0 Å². The van der Waals surface area contributed by atoms with Crippen LogP contribution in [0.3, 0.4) is 0 Å². The summed E-state index contributed by atoms with van der Waals surface area (Å²) in [5.41, 5.74) is 1.59. The zero-order chi connectivity index (χ0) is 30.3. The molecule has 3 aromatic rings. The molecule has 43 heavy (non-hydrogen) atoms. The Bertz CT molecular complexity index is 1680. The minimum Gasteiger partial charge on any atom is -0.444 e. The molecular weight excluding hydrogens is 546 g/mol. The van der Waals surface area contributed by atoms with Crippen molar-refractivity contribution in [3.8, 4) is 11.8 Å². The van der Waals surface area contributed by atoms with Crippen molar-refractivity contribution in [2.45, 2.75) is 72.2 Å². The van der Waals surface area contributed by atoms with Crippen molar-refractivity contribution in [3.05, 3.63) is 41.5 Å². The molecule has 5 heterocycles. The second-order valence-electron chi connectivity index (χ2n) is 12.0. The summed E-state index contributed by atoms with van der Waals surface area (Å²) in [5.74, 6) is 8.24. The molecule has 1 fully saturated rings. The topological polar surface area (TPSA) is 121 Å². The van der Waals surface area contributed by atoms with Crippen LogP contribution in [0.5, 0.6) is 0 Å².